The van der Waals surface area contributed by atoms with Crippen molar-refractivity contribution in [2.75, 3.05) is 24.2 Å². The lowest BCUT2D eigenvalue weighted by Crippen LogP contribution is -2.21. The third-order valence-corrected chi connectivity index (χ3v) is 6.57. The van der Waals surface area contributed by atoms with Crippen LogP contribution < -0.4 is 5.32 Å². The van der Waals surface area contributed by atoms with E-state index in [2.05, 4.69) is 70.0 Å². The molecule has 1 aliphatic heterocycles. The first-order chi connectivity index (χ1) is 15.4. The summed E-state index contributed by atoms with van der Waals surface area (Å²) in [4.78, 5) is 15.0. The molecule has 1 N–H and O–H groups in total. The number of rotatable bonds is 7. The van der Waals surface area contributed by atoms with Gasteiger partial charge in [-0.25, -0.2) is 0 Å². The number of nitrogens with zero attached hydrogens (tertiary/aromatic N) is 4. The zero-order valence-electron chi connectivity index (χ0n) is 19.0. The van der Waals surface area contributed by atoms with Crippen molar-refractivity contribution in [2.45, 2.75) is 50.7 Å². The summed E-state index contributed by atoms with van der Waals surface area (Å²) in [5.74, 6) is 1.14. The number of hydrogen-bond acceptors (Lipinski definition) is 5. The first-order valence-electron chi connectivity index (χ1n) is 11.2. The van der Waals surface area contributed by atoms with Gasteiger partial charge in [0, 0.05) is 11.4 Å². The number of hydrogen-bond donors (Lipinski definition) is 1. The lowest BCUT2D eigenvalue weighted by atomic mass is 9.87. The minimum absolute atomic E-state index is 0.0535. The highest BCUT2D eigenvalue weighted by molar-refractivity contribution is 7.99. The zero-order chi connectivity index (χ0) is 22.6. The van der Waals surface area contributed by atoms with Crippen molar-refractivity contribution in [1.82, 2.24) is 19.7 Å². The third kappa shape index (κ3) is 5.58. The Kier molecular flexibility index (Phi) is 6.96. The van der Waals surface area contributed by atoms with Crippen molar-refractivity contribution in [1.29, 1.82) is 0 Å². The Morgan fingerprint density at radius 2 is 1.69 bits per heavy atom. The Bertz CT molecular complexity index is 1030. The molecule has 1 fully saturated rings. The second kappa shape index (κ2) is 9.88. The number of likely N-dealkylation sites (tertiary alicyclic amines) is 1. The number of anilines is 1. The molecule has 1 amide bonds. The first-order valence-corrected chi connectivity index (χ1v) is 12.1. The van der Waals surface area contributed by atoms with E-state index in [0.29, 0.717) is 0 Å². The van der Waals surface area contributed by atoms with Gasteiger partial charge >= 0.3 is 0 Å². The van der Waals surface area contributed by atoms with Gasteiger partial charge in [0.1, 0.15) is 0 Å². The van der Waals surface area contributed by atoms with Crippen molar-refractivity contribution in [3.63, 3.8) is 0 Å². The van der Waals surface area contributed by atoms with Crippen molar-refractivity contribution in [3.05, 3.63) is 66.0 Å². The van der Waals surface area contributed by atoms with Gasteiger partial charge in [0.25, 0.3) is 0 Å². The van der Waals surface area contributed by atoms with E-state index in [-0.39, 0.29) is 17.1 Å². The molecule has 0 unspecified atom stereocenters. The predicted molar refractivity (Wildman–Crippen MR) is 130 cm³/mol. The Hall–Kier alpha value is -2.64. The van der Waals surface area contributed by atoms with E-state index in [1.165, 1.54) is 30.2 Å². The molecule has 0 bridgehead atoms. The standard InChI is InChI=1S/C25H31N5OS/c1-25(2,3)19-11-13-20(14-12-19)26-23(31)18-32-24-28-27-22(17-29-15-7-8-16-29)30(24)21-9-5-4-6-10-21/h4-6,9-14H,7-8,15-18H2,1-3H3,(H,26,31). The molecule has 32 heavy (non-hydrogen) atoms. The number of nitrogens with one attached hydrogen (secondary N) is 1. The number of aromatic nitrogens is 3. The van der Waals surface area contributed by atoms with Crippen LogP contribution in [0.15, 0.2) is 59.8 Å². The van der Waals surface area contributed by atoms with Crippen LogP contribution in [0.2, 0.25) is 0 Å². The molecule has 1 aliphatic rings. The normalized spacial score (nSPS) is 14.6. The highest BCUT2D eigenvalue weighted by Crippen LogP contribution is 2.25. The highest BCUT2D eigenvalue weighted by Gasteiger charge is 2.20. The van der Waals surface area contributed by atoms with E-state index in [4.69, 9.17) is 0 Å². The van der Waals surface area contributed by atoms with Crippen molar-refractivity contribution >= 4 is 23.4 Å². The number of thioether (sulfide) groups is 1. The van der Waals surface area contributed by atoms with E-state index in [0.717, 1.165) is 42.0 Å². The average Bonchev–Trinajstić information content (AvgIpc) is 3.43. The maximum Gasteiger partial charge on any atom is 0.234 e. The molecule has 4 rings (SSSR count). The van der Waals surface area contributed by atoms with Crippen LogP contribution in [0.3, 0.4) is 0 Å². The molecule has 0 spiro atoms. The summed E-state index contributed by atoms with van der Waals surface area (Å²) in [5.41, 5.74) is 3.16. The van der Waals surface area contributed by atoms with Crippen LogP contribution in [-0.2, 0) is 16.8 Å². The molecule has 0 saturated carbocycles. The number of carbonyl (C=O) groups is 1. The fourth-order valence-electron chi connectivity index (χ4n) is 3.85. The van der Waals surface area contributed by atoms with Crippen LogP contribution in [0.25, 0.3) is 5.69 Å². The van der Waals surface area contributed by atoms with E-state index in [1.54, 1.807) is 0 Å². The van der Waals surface area contributed by atoms with Gasteiger partial charge in [0.05, 0.1) is 12.3 Å². The van der Waals surface area contributed by atoms with Gasteiger partial charge in [0.2, 0.25) is 5.91 Å². The van der Waals surface area contributed by atoms with Crippen LogP contribution in [0, 0.1) is 0 Å². The van der Waals surface area contributed by atoms with Gasteiger partial charge in [-0.05, 0) is 61.2 Å². The zero-order valence-corrected chi connectivity index (χ0v) is 19.9. The van der Waals surface area contributed by atoms with Crippen molar-refractivity contribution in [2.24, 2.45) is 0 Å². The maximum absolute atomic E-state index is 12.6. The quantitative estimate of drug-likeness (QED) is 0.520. The van der Waals surface area contributed by atoms with E-state index in [1.807, 2.05) is 30.3 Å². The lowest BCUT2D eigenvalue weighted by Gasteiger charge is -2.19. The fraction of sp³-hybridized carbons (Fsp3) is 0.400. The monoisotopic (exact) mass is 449 g/mol. The summed E-state index contributed by atoms with van der Waals surface area (Å²) in [7, 11) is 0. The van der Waals surface area contributed by atoms with Crippen LogP contribution in [-0.4, -0.2) is 44.4 Å². The number of amides is 1. The van der Waals surface area contributed by atoms with E-state index < -0.39 is 0 Å². The van der Waals surface area contributed by atoms with E-state index in [9.17, 15) is 4.79 Å². The summed E-state index contributed by atoms with van der Waals surface area (Å²) in [6, 6.07) is 18.2. The number of carbonyl (C=O) groups excluding carboxylic acids is 1. The molecule has 6 nitrogen and oxygen atoms in total. The number of para-hydroxylation sites is 1. The van der Waals surface area contributed by atoms with Gasteiger partial charge in [-0.3, -0.25) is 14.3 Å². The smallest absolute Gasteiger partial charge is 0.234 e. The summed E-state index contributed by atoms with van der Waals surface area (Å²) >= 11 is 1.41. The van der Waals surface area contributed by atoms with Gasteiger partial charge < -0.3 is 5.32 Å². The predicted octanol–water partition coefficient (Wildman–Crippen LogP) is 4.89. The molecular formula is C25H31N5OS. The minimum atomic E-state index is -0.0535. The topological polar surface area (TPSA) is 63.1 Å². The first kappa shape index (κ1) is 22.6. The van der Waals surface area contributed by atoms with Gasteiger partial charge in [-0.2, -0.15) is 0 Å². The molecule has 0 atom stereocenters. The molecule has 168 valence electrons. The lowest BCUT2D eigenvalue weighted by molar-refractivity contribution is -0.113. The summed E-state index contributed by atoms with van der Waals surface area (Å²) in [6.07, 6.45) is 2.47. The molecule has 0 aliphatic carbocycles. The minimum Gasteiger partial charge on any atom is -0.325 e. The van der Waals surface area contributed by atoms with Crippen LogP contribution in [0.5, 0.6) is 0 Å². The van der Waals surface area contributed by atoms with Crippen molar-refractivity contribution < 1.29 is 4.79 Å². The summed E-state index contributed by atoms with van der Waals surface area (Å²) < 4.78 is 2.08. The van der Waals surface area contributed by atoms with Crippen molar-refractivity contribution in [3.8, 4) is 5.69 Å². The molecule has 2 heterocycles. The second-order valence-electron chi connectivity index (χ2n) is 9.22. The molecule has 1 aromatic heterocycles. The second-order valence-corrected chi connectivity index (χ2v) is 10.2. The Labute approximate surface area is 194 Å². The maximum atomic E-state index is 12.6. The summed E-state index contributed by atoms with van der Waals surface area (Å²) in [5, 5.41) is 12.6. The van der Waals surface area contributed by atoms with Crippen LogP contribution >= 0.6 is 11.8 Å². The Morgan fingerprint density at radius 1 is 1.00 bits per heavy atom. The molecule has 0 radical (unpaired) electrons. The SMILES string of the molecule is CC(C)(C)c1ccc(NC(=O)CSc2nnc(CN3CCCC3)n2-c2ccccc2)cc1. The van der Waals surface area contributed by atoms with Crippen LogP contribution in [0.1, 0.15) is 45.0 Å². The van der Waals surface area contributed by atoms with E-state index >= 15 is 0 Å². The molecule has 7 heteroatoms. The number of benzene rings is 2. The Balaban J connectivity index is 1.44. The highest BCUT2D eigenvalue weighted by atomic mass is 32.2. The molecule has 1 saturated heterocycles. The third-order valence-electron chi connectivity index (χ3n) is 5.65. The van der Waals surface area contributed by atoms with Crippen LogP contribution in [0.4, 0.5) is 5.69 Å². The largest absolute Gasteiger partial charge is 0.325 e. The fourth-order valence-corrected chi connectivity index (χ4v) is 4.62. The average molecular weight is 450 g/mol. The summed E-state index contributed by atoms with van der Waals surface area (Å²) in [6.45, 7) is 9.50. The molecule has 3 aromatic rings. The van der Waals surface area contributed by atoms with Gasteiger partial charge in [0.15, 0.2) is 11.0 Å². The molecule has 2 aromatic carbocycles. The van der Waals surface area contributed by atoms with Gasteiger partial charge in [-0.1, -0.05) is 62.9 Å². The Morgan fingerprint density at radius 3 is 2.34 bits per heavy atom. The van der Waals surface area contributed by atoms with Gasteiger partial charge in [-0.15, -0.1) is 10.2 Å². The molecular weight excluding hydrogens is 418 g/mol.